The van der Waals surface area contributed by atoms with Crippen LogP contribution in [0.5, 0.6) is 0 Å². The number of nitrogens with zero attached hydrogens (tertiary/aromatic N) is 1. The molecule has 0 bridgehead atoms. The number of benzene rings is 11. The van der Waals surface area contributed by atoms with Gasteiger partial charge >= 0.3 is 0 Å². The molecule has 3 heteroatoms. The molecule has 0 atom stereocenters. The van der Waals surface area contributed by atoms with Crippen LogP contribution in [-0.2, 0) is 5.41 Å². The maximum Gasteiger partial charge on any atom is 0.135 e. The van der Waals surface area contributed by atoms with Crippen LogP contribution in [0, 0.1) is 0 Å². The molecule has 0 radical (unpaired) electrons. The summed E-state index contributed by atoms with van der Waals surface area (Å²) in [5.74, 6) is 0. The van der Waals surface area contributed by atoms with Gasteiger partial charge in [0.05, 0.1) is 5.41 Å². The van der Waals surface area contributed by atoms with Crippen molar-refractivity contribution in [1.82, 2.24) is 0 Å². The Hall–Kier alpha value is -9.18. The molecule has 2 aromatic heterocycles. The summed E-state index contributed by atoms with van der Waals surface area (Å²) in [6, 6.07) is 94.6. The standard InChI is InChI=1S/C67H43NO2/c1-2-13-44(14-3-1)47-15-12-16-51(41-47)67(61-21-8-4-17-55(61)56-18-5-9-22-62(56)67)50-31-37-54(38-32-50)68(52-33-25-45(26-34-52)48-29-39-65-59(42-48)57-19-6-10-23-63(57)69-65)53-35-27-46(28-36-53)49-30-40-66-60(43-49)58-20-7-11-24-64(58)70-66/h1-43H. The van der Waals surface area contributed by atoms with E-state index < -0.39 is 5.41 Å². The van der Waals surface area contributed by atoms with Crippen molar-refractivity contribution in [1.29, 1.82) is 0 Å². The Balaban J connectivity index is 0.899. The van der Waals surface area contributed by atoms with Crippen molar-refractivity contribution in [3.05, 3.63) is 283 Å². The Morgan fingerprint density at radius 2 is 0.657 bits per heavy atom. The minimum absolute atomic E-state index is 0.548. The van der Waals surface area contributed by atoms with Crippen molar-refractivity contribution < 1.29 is 8.83 Å². The van der Waals surface area contributed by atoms with Crippen molar-refractivity contribution in [2.75, 3.05) is 4.90 Å². The van der Waals surface area contributed by atoms with Crippen LogP contribution in [0.4, 0.5) is 17.1 Å². The average Bonchev–Trinajstić information content (AvgIpc) is 4.10. The highest BCUT2D eigenvalue weighted by atomic mass is 16.3. The van der Waals surface area contributed by atoms with Crippen LogP contribution >= 0.6 is 0 Å². The van der Waals surface area contributed by atoms with Gasteiger partial charge in [0.25, 0.3) is 0 Å². The first kappa shape index (κ1) is 39.9. The largest absolute Gasteiger partial charge is 0.456 e. The lowest BCUT2D eigenvalue weighted by molar-refractivity contribution is 0.668. The van der Waals surface area contributed by atoms with E-state index in [0.29, 0.717) is 0 Å². The van der Waals surface area contributed by atoms with E-state index in [9.17, 15) is 0 Å². The highest BCUT2D eigenvalue weighted by Crippen LogP contribution is 2.56. The van der Waals surface area contributed by atoms with E-state index in [0.717, 1.165) is 83.2 Å². The van der Waals surface area contributed by atoms with Crippen molar-refractivity contribution in [3.63, 3.8) is 0 Å². The molecule has 1 aliphatic carbocycles. The Labute approximate surface area is 405 Å². The average molecular weight is 894 g/mol. The van der Waals surface area contributed by atoms with Gasteiger partial charge in [0, 0.05) is 38.6 Å². The summed E-state index contributed by atoms with van der Waals surface area (Å²) < 4.78 is 12.4. The molecule has 13 aromatic rings. The molecule has 328 valence electrons. The second-order valence-electron chi connectivity index (χ2n) is 18.4. The van der Waals surface area contributed by atoms with Gasteiger partial charge in [-0.25, -0.2) is 0 Å². The maximum atomic E-state index is 6.18. The maximum absolute atomic E-state index is 6.18. The zero-order chi connectivity index (χ0) is 46.2. The summed E-state index contributed by atoms with van der Waals surface area (Å²) in [5.41, 5.74) is 20.8. The fraction of sp³-hybridized carbons (Fsp3) is 0.0149. The van der Waals surface area contributed by atoms with Gasteiger partial charge in [-0.05, 0) is 146 Å². The number of anilines is 3. The van der Waals surface area contributed by atoms with Crippen molar-refractivity contribution in [2.45, 2.75) is 5.41 Å². The summed E-state index contributed by atoms with van der Waals surface area (Å²) in [4.78, 5) is 2.37. The van der Waals surface area contributed by atoms with E-state index >= 15 is 0 Å². The van der Waals surface area contributed by atoms with Crippen molar-refractivity contribution >= 4 is 60.9 Å². The SMILES string of the molecule is c1ccc(-c2cccc(C3(c4ccc(N(c5ccc(-c6ccc7oc8ccccc8c7c6)cc5)c5ccc(-c6ccc7oc8ccccc8c7c6)cc5)cc4)c4ccccc4-c4ccccc43)c2)cc1. The van der Waals surface area contributed by atoms with E-state index in [1.807, 2.05) is 24.3 Å². The molecule has 70 heavy (non-hydrogen) atoms. The van der Waals surface area contributed by atoms with Crippen LogP contribution in [0.1, 0.15) is 22.3 Å². The van der Waals surface area contributed by atoms with Crippen molar-refractivity contribution in [3.8, 4) is 44.5 Å². The summed E-state index contributed by atoms with van der Waals surface area (Å²) in [5, 5.41) is 4.50. The number of fused-ring (bicyclic) bond motifs is 9. The zero-order valence-electron chi connectivity index (χ0n) is 38.1. The Morgan fingerprint density at radius 1 is 0.257 bits per heavy atom. The molecule has 14 rings (SSSR count). The first-order chi connectivity index (χ1) is 34.7. The monoisotopic (exact) mass is 893 g/mol. The molecule has 0 fully saturated rings. The predicted octanol–water partition coefficient (Wildman–Crippen LogP) is 18.3. The van der Waals surface area contributed by atoms with Gasteiger partial charge in [-0.3, -0.25) is 0 Å². The van der Waals surface area contributed by atoms with Crippen LogP contribution < -0.4 is 4.90 Å². The van der Waals surface area contributed by atoms with Crippen LogP contribution in [0.25, 0.3) is 88.4 Å². The van der Waals surface area contributed by atoms with E-state index in [4.69, 9.17) is 8.83 Å². The molecule has 11 aromatic carbocycles. The number of para-hydroxylation sites is 2. The predicted molar refractivity (Wildman–Crippen MR) is 289 cm³/mol. The molecule has 2 heterocycles. The number of furan rings is 2. The van der Waals surface area contributed by atoms with Gasteiger partial charge in [0.1, 0.15) is 22.3 Å². The Kier molecular flexibility index (Phi) is 9.11. The third kappa shape index (κ3) is 6.29. The van der Waals surface area contributed by atoms with E-state index in [1.54, 1.807) is 0 Å². The van der Waals surface area contributed by atoms with E-state index in [-0.39, 0.29) is 0 Å². The fourth-order valence-electron chi connectivity index (χ4n) is 11.3. The van der Waals surface area contributed by atoms with Crippen LogP contribution in [0.2, 0.25) is 0 Å². The topological polar surface area (TPSA) is 29.5 Å². The Bertz CT molecular complexity index is 3900. The smallest absolute Gasteiger partial charge is 0.135 e. The third-order valence-electron chi connectivity index (χ3n) is 14.6. The first-order valence-electron chi connectivity index (χ1n) is 24.0. The minimum atomic E-state index is -0.548. The van der Waals surface area contributed by atoms with E-state index in [1.165, 1.54) is 44.5 Å². The molecule has 0 unspecified atom stereocenters. The number of rotatable bonds is 8. The summed E-state index contributed by atoms with van der Waals surface area (Å²) in [6.07, 6.45) is 0. The second kappa shape index (κ2) is 16.0. The lowest BCUT2D eigenvalue weighted by atomic mass is 9.67. The van der Waals surface area contributed by atoms with Crippen LogP contribution in [-0.4, -0.2) is 0 Å². The van der Waals surface area contributed by atoms with Crippen molar-refractivity contribution in [2.24, 2.45) is 0 Å². The molecule has 0 saturated carbocycles. The lowest BCUT2D eigenvalue weighted by Crippen LogP contribution is -2.28. The molecule has 0 saturated heterocycles. The molecule has 0 spiro atoms. The quantitative estimate of drug-likeness (QED) is 0.152. The highest BCUT2D eigenvalue weighted by Gasteiger charge is 2.46. The summed E-state index contributed by atoms with van der Waals surface area (Å²) in [6.45, 7) is 0. The molecular weight excluding hydrogens is 851 g/mol. The highest BCUT2D eigenvalue weighted by molar-refractivity contribution is 6.07. The second-order valence-corrected chi connectivity index (χ2v) is 18.4. The van der Waals surface area contributed by atoms with Gasteiger partial charge in [0.2, 0.25) is 0 Å². The molecule has 0 amide bonds. The fourth-order valence-corrected chi connectivity index (χ4v) is 11.3. The van der Waals surface area contributed by atoms with Gasteiger partial charge in [0.15, 0.2) is 0 Å². The molecule has 0 aliphatic heterocycles. The van der Waals surface area contributed by atoms with Gasteiger partial charge < -0.3 is 13.7 Å². The Morgan fingerprint density at radius 3 is 1.20 bits per heavy atom. The van der Waals surface area contributed by atoms with Gasteiger partial charge in [-0.15, -0.1) is 0 Å². The molecular formula is C67H43NO2. The molecule has 0 N–H and O–H groups in total. The zero-order valence-corrected chi connectivity index (χ0v) is 38.1. The van der Waals surface area contributed by atoms with E-state index in [2.05, 4.69) is 241 Å². The van der Waals surface area contributed by atoms with Crippen LogP contribution in [0.3, 0.4) is 0 Å². The minimum Gasteiger partial charge on any atom is -0.456 e. The normalized spacial score (nSPS) is 12.7. The summed E-state index contributed by atoms with van der Waals surface area (Å²) in [7, 11) is 0. The molecule has 1 aliphatic rings. The number of hydrogen-bond acceptors (Lipinski definition) is 3. The number of hydrogen-bond donors (Lipinski definition) is 0. The molecule has 3 nitrogen and oxygen atoms in total. The van der Waals surface area contributed by atoms with Gasteiger partial charge in [-0.1, -0.05) is 182 Å². The lowest BCUT2D eigenvalue weighted by Gasteiger charge is -2.35. The van der Waals surface area contributed by atoms with Crippen LogP contribution in [0.15, 0.2) is 270 Å². The summed E-state index contributed by atoms with van der Waals surface area (Å²) >= 11 is 0. The first-order valence-corrected chi connectivity index (χ1v) is 24.0. The third-order valence-corrected chi connectivity index (χ3v) is 14.6. The van der Waals surface area contributed by atoms with Gasteiger partial charge in [-0.2, -0.15) is 0 Å².